The molecule has 0 aliphatic heterocycles. The second kappa shape index (κ2) is 8.04. The second-order valence-electron chi connectivity index (χ2n) is 6.19. The van der Waals surface area contributed by atoms with Gasteiger partial charge in [0, 0.05) is 16.2 Å². The van der Waals surface area contributed by atoms with Gasteiger partial charge in [0.15, 0.2) is 5.69 Å². The molecule has 1 aromatic carbocycles. The Morgan fingerprint density at radius 1 is 1.18 bits per heavy atom. The van der Waals surface area contributed by atoms with Crippen molar-refractivity contribution in [3.63, 3.8) is 0 Å². The molecule has 0 saturated carbocycles. The van der Waals surface area contributed by atoms with E-state index in [1.807, 2.05) is 13.0 Å². The van der Waals surface area contributed by atoms with E-state index in [4.69, 9.17) is 28.3 Å². The van der Waals surface area contributed by atoms with E-state index < -0.39 is 5.97 Å². The number of carboxylic acids is 1. The summed E-state index contributed by atoms with van der Waals surface area (Å²) in [5.41, 5.74) is 2.76. The maximum absolute atomic E-state index is 12.3. The molecule has 0 fully saturated rings. The number of amides is 1. The lowest BCUT2D eigenvalue weighted by atomic mass is 10.2. The minimum Gasteiger partial charge on any atom is -0.476 e. The maximum atomic E-state index is 12.3. The van der Waals surface area contributed by atoms with Crippen LogP contribution in [0.4, 0.5) is 5.69 Å². The smallest absolute Gasteiger partial charge is 0.356 e. The molecule has 3 rings (SSSR count). The molecule has 2 N–H and O–H groups in total. The molecule has 0 saturated heterocycles. The lowest BCUT2D eigenvalue weighted by molar-refractivity contribution is -0.116. The summed E-state index contributed by atoms with van der Waals surface area (Å²) in [5, 5.41) is 21.1. The van der Waals surface area contributed by atoms with Gasteiger partial charge in [-0.2, -0.15) is 10.2 Å². The van der Waals surface area contributed by atoms with Crippen LogP contribution in [0.3, 0.4) is 0 Å². The quantitative estimate of drug-likeness (QED) is 0.634. The summed E-state index contributed by atoms with van der Waals surface area (Å²) in [6.07, 6.45) is 1.44. The number of hydrogen-bond donors (Lipinski definition) is 2. The second-order valence-corrected chi connectivity index (χ2v) is 7.03. The molecule has 2 heterocycles. The van der Waals surface area contributed by atoms with Crippen LogP contribution >= 0.6 is 23.2 Å². The molecule has 2 aromatic heterocycles. The molecule has 28 heavy (non-hydrogen) atoms. The SMILES string of the molecule is Cc1nn(Cc2ccc(Cl)cc2Cl)c(C)c1NC(=O)Cn1ccc(C(=O)O)n1. The van der Waals surface area contributed by atoms with E-state index >= 15 is 0 Å². The first-order valence-electron chi connectivity index (χ1n) is 8.29. The Morgan fingerprint density at radius 3 is 2.57 bits per heavy atom. The maximum Gasteiger partial charge on any atom is 0.356 e. The topological polar surface area (TPSA) is 102 Å². The van der Waals surface area contributed by atoms with Crippen molar-refractivity contribution in [3.05, 3.63) is 63.2 Å². The van der Waals surface area contributed by atoms with Crippen molar-refractivity contribution in [2.24, 2.45) is 0 Å². The molecule has 0 aliphatic rings. The van der Waals surface area contributed by atoms with Gasteiger partial charge in [-0.15, -0.1) is 0 Å². The minimum absolute atomic E-state index is 0.111. The van der Waals surface area contributed by atoms with E-state index in [0.717, 1.165) is 11.3 Å². The zero-order chi connectivity index (χ0) is 20.4. The van der Waals surface area contributed by atoms with Crippen LogP contribution in [0.2, 0.25) is 10.0 Å². The van der Waals surface area contributed by atoms with Crippen molar-refractivity contribution in [3.8, 4) is 0 Å². The molecule has 1 amide bonds. The van der Waals surface area contributed by atoms with Crippen LogP contribution in [0.1, 0.15) is 27.4 Å². The van der Waals surface area contributed by atoms with Gasteiger partial charge in [0.05, 0.1) is 23.6 Å². The highest BCUT2D eigenvalue weighted by molar-refractivity contribution is 6.35. The predicted molar refractivity (Wildman–Crippen MR) is 105 cm³/mol. The number of nitrogens with zero attached hydrogens (tertiary/aromatic N) is 4. The fourth-order valence-corrected chi connectivity index (χ4v) is 3.20. The van der Waals surface area contributed by atoms with Crippen LogP contribution in [0.15, 0.2) is 30.5 Å². The summed E-state index contributed by atoms with van der Waals surface area (Å²) in [7, 11) is 0. The molecule has 0 unspecified atom stereocenters. The number of aromatic nitrogens is 4. The standard InChI is InChI=1S/C18H17Cl2N5O3/c1-10-17(21-16(26)9-24-6-5-15(23-24)18(27)28)11(2)25(22-10)8-12-3-4-13(19)7-14(12)20/h3-7H,8-9H2,1-2H3,(H,21,26)(H,27,28). The summed E-state index contributed by atoms with van der Waals surface area (Å²) >= 11 is 12.2. The number of carbonyl (C=O) groups is 2. The minimum atomic E-state index is -1.15. The third kappa shape index (κ3) is 4.35. The van der Waals surface area contributed by atoms with E-state index in [1.165, 1.54) is 16.9 Å². The summed E-state index contributed by atoms with van der Waals surface area (Å²) in [6, 6.07) is 6.59. The van der Waals surface area contributed by atoms with Gasteiger partial charge in [-0.1, -0.05) is 29.3 Å². The average molecular weight is 422 g/mol. The summed E-state index contributed by atoms with van der Waals surface area (Å²) in [4.78, 5) is 23.2. The van der Waals surface area contributed by atoms with Gasteiger partial charge < -0.3 is 10.4 Å². The normalized spacial score (nSPS) is 10.9. The summed E-state index contributed by atoms with van der Waals surface area (Å²) < 4.78 is 3.01. The molecule has 0 spiro atoms. The van der Waals surface area contributed by atoms with Crippen LogP contribution in [-0.2, 0) is 17.9 Å². The van der Waals surface area contributed by atoms with Crippen LogP contribution in [0.5, 0.6) is 0 Å². The van der Waals surface area contributed by atoms with Crippen LogP contribution in [-0.4, -0.2) is 36.5 Å². The molecular formula is C18H17Cl2N5O3. The van der Waals surface area contributed by atoms with Crippen molar-refractivity contribution in [2.75, 3.05) is 5.32 Å². The van der Waals surface area contributed by atoms with Crippen LogP contribution in [0.25, 0.3) is 0 Å². The third-order valence-electron chi connectivity index (χ3n) is 4.15. The van der Waals surface area contributed by atoms with Gasteiger partial charge in [-0.05, 0) is 37.6 Å². The fourth-order valence-electron chi connectivity index (χ4n) is 2.73. The number of carbonyl (C=O) groups excluding carboxylic acids is 1. The molecular weight excluding hydrogens is 405 g/mol. The number of rotatable bonds is 6. The fraction of sp³-hybridized carbons (Fsp3) is 0.222. The number of hydrogen-bond acceptors (Lipinski definition) is 4. The predicted octanol–water partition coefficient (Wildman–Crippen LogP) is 3.39. The first-order valence-corrected chi connectivity index (χ1v) is 9.04. The average Bonchev–Trinajstić information content (AvgIpc) is 3.18. The Labute approximate surface area is 170 Å². The molecule has 0 bridgehead atoms. The number of halogens is 2. The van der Waals surface area contributed by atoms with Gasteiger partial charge in [0.1, 0.15) is 6.54 Å². The summed E-state index contributed by atoms with van der Waals surface area (Å²) in [5.74, 6) is -1.48. The van der Waals surface area contributed by atoms with E-state index in [2.05, 4.69) is 15.5 Å². The monoisotopic (exact) mass is 421 g/mol. The molecule has 0 radical (unpaired) electrons. The van der Waals surface area contributed by atoms with Crippen molar-refractivity contribution < 1.29 is 14.7 Å². The van der Waals surface area contributed by atoms with E-state index in [0.29, 0.717) is 28.0 Å². The zero-order valence-electron chi connectivity index (χ0n) is 15.1. The molecule has 0 aliphatic carbocycles. The molecule has 0 atom stereocenters. The van der Waals surface area contributed by atoms with Crippen molar-refractivity contribution in [1.82, 2.24) is 19.6 Å². The van der Waals surface area contributed by atoms with Gasteiger partial charge in [0.2, 0.25) is 5.91 Å². The number of aryl methyl sites for hydroxylation is 1. The van der Waals surface area contributed by atoms with Gasteiger partial charge in [0.25, 0.3) is 0 Å². The number of aromatic carboxylic acids is 1. The summed E-state index contributed by atoms with van der Waals surface area (Å²) in [6.45, 7) is 3.95. The van der Waals surface area contributed by atoms with Crippen LogP contribution < -0.4 is 5.32 Å². The highest BCUT2D eigenvalue weighted by Crippen LogP contribution is 2.25. The Bertz CT molecular complexity index is 1060. The first kappa shape index (κ1) is 19.9. The Balaban J connectivity index is 1.73. The first-order chi connectivity index (χ1) is 13.2. The molecule has 10 heteroatoms. The number of anilines is 1. The van der Waals surface area contributed by atoms with Gasteiger partial charge >= 0.3 is 5.97 Å². The van der Waals surface area contributed by atoms with E-state index in [1.54, 1.807) is 23.7 Å². The highest BCUT2D eigenvalue weighted by atomic mass is 35.5. The van der Waals surface area contributed by atoms with Crippen molar-refractivity contribution in [1.29, 1.82) is 0 Å². The third-order valence-corrected chi connectivity index (χ3v) is 4.73. The molecule has 146 valence electrons. The van der Waals surface area contributed by atoms with Gasteiger partial charge in [-0.25, -0.2) is 4.79 Å². The zero-order valence-corrected chi connectivity index (χ0v) is 16.6. The Kier molecular flexibility index (Phi) is 5.71. The van der Waals surface area contributed by atoms with E-state index in [-0.39, 0.29) is 18.1 Å². The van der Waals surface area contributed by atoms with Gasteiger partial charge in [-0.3, -0.25) is 14.2 Å². The van der Waals surface area contributed by atoms with Crippen molar-refractivity contribution in [2.45, 2.75) is 26.9 Å². The number of nitrogens with one attached hydrogen (secondary N) is 1. The largest absolute Gasteiger partial charge is 0.476 e. The lowest BCUT2D eigenvalue weighted by Crippen LogP contribution is -2.20. The molecule has 8 nitrogen and oxygen atoms in total. The molecule has 3 aromatic rings. The van der Waals surface area contributed by atoms with Crippen LogP contribution in [0, 0.1) is 13.8 Å². The van der Waals surface area contributed by atoms with E-state index in [9.17, 15) is 9.59 Å². The lowest BCUT2D eigenvalue weighted by Gasteiger charge is -2.09. The Hall–Kier alpha value is -2.84. The van der Waals surface area contributed by atoms with Crippen molar-refractivity contribution >= 4 is 40.8 Å². The number of benzene rings is 1. The Morgan fingerprint density at radius 2 is 1.93 bits per heavy atom. The highest BCUT2D eigenvalue weighted by Gasteiger charge is 2.16. The number of carboxylic acid groups (broad SMARTS) is 1.